The van der Waals surface area contributed by atoms with Gasteiger partial charge in [-0.2, -0.15) is 13.2 Å². The van der Waals surface area contributed by atoms with E-state index in [9.17, 15) is 13.2 Å². The summed E-state index contributed by atoms with van der Waals surface area (Å²) in [5.41, 5.74) is 0.115. The van der Waals surface area contributed by atoms with E-state index in [0.717, 1.165) is 19.4 Å². The van der Waals surface area contributed by atoms with Gasteiger partial charge >= 0.3 is 6.18 Å². The molecule has 0 spiro atoms. The third-order valence-electron chi connectivity index (χ3n) is 2.48. The molecule has 0 aliphatic rings. The maximum absolute atomic E-state index is 11.8. The van der Waals surface area contributed by atoms with Crippen molar-refractivity contribution in [2.75, 3.05) is 19.8 Å². The SMILES string of the molecule is CC(CCCCOCC(F)(F)F)CNC(C)(C)C. The quantitative estimate of drug-likeness (QED) is 0.677. The van der Waals surface area contributed by atoms with Crippen molar-refractivity contribution in [1.82, 2.24) is 5.32 Å². The van der Waals surface area contributed by atoms with E-state index in [1.165, 1.54) is 0 Å². The average Bonchev–Trinajstić information content (AvgIpc) is 2.17. The van der Waals surface area contributed by atoms with Crippen LogP contribution in [0.2, 0.25) is 0 Å². The zero-order valence-corrected chi connectivity index (χ0v) is 11.9. The Hall–Kier alpha value is -0.290. The first-order valence-electron chi connectivity index (χ1n) is 6.50. The van der Waals surface area contributed by atoms with Gasteiger partial charge in [0.05, 0.1) is 0 Å². The molecule has 0 fully saturated rings. The Morgan fingerprint density at radius 1 is 1.11 bits per heavy atom. The van der Waals surface area contributed by atoms with Gasteiger partial charge in [0.1, 0.15) is 6.61 Å². The molecular formula is C13H26F3NO. The van der Waals surface area contributed by atoms with Crippen molar-refractivity contribution in [3.05, 3.63) is 0 Å². The minimum atomic E-state index is -4.20. The highest BCUT2D eigenvalue weighted by Crippen LogP contribution is 2.15. The maximum Gasteiger partial charge on any atom is 0.411 e. The molecule has 0 aliphatic carbocycles. The number of halogens is 3. The standard InChI is InChI=1S/C13H26F3NO/c1-11(9-17-12(2,3)4)7-5-6-8-18-10-13(14,15)16/h11,17H,5-10H2,1-4H3. The van der Waals surface area contributed by atoms with Crippen LogP contribution in [0.4, 0.5) is 13.2 Å². The largest absolute Gasteiger partial charge is 0.411 e. The van der Waals surface area contributed by atoms with E-state index in [-0.39, 0.29) is 12.1 Å². The second-order valence-electron chi connectivity index (χ2n) is 5.90. The first-order valence-corrected chi connectivity index (χ1v) is 6.50. The van der Waals surface area contributed by atoms with E-state index in [1.54, 1.807) is 0 Å². The van der Waals surface area contributed by atoms with Crippen LogP contribution in [0.1, 0.15) is 47.0 Å². The molecule has 1 N–H and O–H groups in total. The number of rotatable bonds is 8. The van der Waals surface area contributed by atoms with Crippen molar-refractivity contribution in [3.8, 4) is 0 Å². The van der Waals surface area contributed by atoms with Crippen molar-refractivity contribution < 1.29 is 17.9 Å². The summed E-state index contributed by atoms with van der Waals surface area (Å²) in [5, 5.41) is 3.41. The number of hydrogen-bond donors (Lipinski definition) is 1. The van der Waals surface area contributed by atoms with E-state index in [1.807, 2.05) is 0 Å². The van der Waals surface area contributed by atoms with Gasteiger partial charge in [-0.1, -0.05) is 13.3 Å². The van der Waals surface area contributed by atoms with Crippen molar-refractivity contribution in [1.29, 1.82) is 0 Å². The van der Waals surface area contributed by atoms with E-state index < -0.39 is 12.8 Å². The van der Waals surface area contributed by atoms with Crippen LogP contribution in [0.5, 0.6) is 0 Å². The lowest BCUT2D eigenvalue weighted by Gasteiger charge is -2.23. The number of unbranched alkanes of at least 4 members (excludes halogenated alkanes) is 1. The summed E-state index contributed by atoms with van der Waals surface area (Å²) in [7, 11) is 0. The van der Waals surface area contributed by atoms with E-state index in [4.69, 9.17) is 0 Å². The molecule has 110 valence electrons. The summed E-state index contributed by atoms with van der Waals surface area (Å²) < 4.78 is 39.9. The Morgan fingerprint density at radius 3 is 2.22 bits per heavy atom. The highest BCUT2D eigenvalue weighted by Gasteiger charge is 2.27. The van der Waals surface area contributed by atoms with Gasteiger partial charge < -0.3 is 10.1 Å². The van der Waals surface area contributed by atoms with Crippen molar-refractivity contribution in [3.63, 3.8) is 0 Å². The fraction of sp³-hybridized carbons (Fsp3) is 1.00. The first-order chi connectivity index (χ1) is 8.10. The lowest BCUT2D eigenvalue weighted by atomic mass is 10.0. The predicted molar refractivity (Wildman–Crippen MR) is 67.6 cm³/mol. The second-order valence-corrected chi connectivity index (χ2v) is 5.90. The second kappa shape index (κ2) is 8.00. The Morgan fingerprint density at radius 2 is 1.72 bits per heavy atom. The fourth-order valence-electron chi connectivity index (χ4n) is 1.47. The summed E-state index contributed by atoms with van der Waals surface area (Å²) in [6.07, 6.45) is -1.59. The Labute approximate surface area is 108 Å². The lowest BCUT2D eigenvalue weighted by Crippen LogP contribution is -2.38. The van der Waals surface area contributed by atoms with Crippen LogP contribution in [0.25, 0.3) is 0 Å². The van der Waals surface area contributed by atoms with Gasteiger partial charge in [-0.3, -0.25) is 0 Å². The van der Waals surface area contributed by atoms with Crippen molar-refractivity contribution in [2.24, 2.45) is 5.92 Å². The van der Waals surface area contributed by atoms with Crippen molar-refractivity contribution >= 4 is 0 Å². The molecule has 1 atom stereocenters. The summed E-state index contributed by atoms with van der Waals surface area (Å²) in [6.45, 7) is 8.50. The van der Waals surface area contributed by atoms with Gasteiger partial charge in [0, 0.05) is 12.1 Å². The first kappa shape index (κ1) is 17.7. The summed E-state index contributed by atoms with van der Waals surface area (Å²) in [4.78, 5) is 0. The predicted octanol–water partition coefficient (Wildman–Crippen LogP) is 3.76. The fourth-order valence-corrected chi connectivity index (χ4v) is 1.47. The lowest BCUT2D eigenvalue weighted by molar-refractivity contribution is -0.174. The molecule has 1 unspecified atom stereocenters. The molecular weight excluding hydrogens is 243 g/mol. The summed E-state index contributed by atoms with van der Waals surface area (Å²) >= 11 is 0. The third kappa shape index (κ3) is 13.8. The zero-order valence-electron chi connectivity index (χ0n) is 11.9. The monoisotopic (exact) mass is 269 g/mol. The van der Waals surface area contributed by atoms with Gasteiger partial charge in [0.2, 0.25) is 0 Å². The van der Waals surface area contributed by atoms with Gasteiger partial charge in [-0.05, 0) is 46.1 Å². The molecule has 0 rings (SSSR count). The topological polar surface area (TPSA) is 21.3 Å². The van der Waals surface area contributed by atoms with Crippen LogP contribution >= 0.6 is 0 Å². The maximum atomic E-state index is 11.8. The molecule has 0 aliphatic heterocycles. The molecule has 0 radical (unpaired) electrons. The Balaban J connectivity index is 3.38. The van der Waals surface area contributed by atoms with Crippen LogP contribution < -0.4 is 5.32 Å². The number of nitrogens with one attached hydrogen (secondary N) is 1. The highest BCUT2D eigenvalue weighted by molar-refractivity contribution is 4.71. The molecule has 0 saturated carbocycles. The molecule has 2 nitrogen and oxygen atoms in total. The van der Waals surface area contributed by atoms with E-state index in [2.05, 4.69) is 37.7 Å². The smallest absolute Gasteiger partial charge is 0.372 e. The van der Waals surface area contributed by atoms with Crippen LogP contribution in [0, 0.1) is 5.92 Å². The Kier molecular flexibility index (Phi) is 7.87. The number of hydrogen-bond acceptors (Lipinski definition) is 2. The van der Waals surface area contributed by atoms with Gasteiger partial charge in [0.15, 0.2) is 0 Å². The molecule has 0 aromatic heterocycles. The summed E-state index contributed by atoms with van der Waals surface area (Å²) in [5.74, 6) is 0.534. The highest BCUT2D eigenvalue weighted by atomic mass is 19.4. The van der Waals surface area contributed by atoms with E-state index >= 15 is 0 Å². The van der Waals surface area contributed by atoms with Gasteiger partial charge in [-0.25, -0.2) is 0 Å². The minimum Gasteiger partial charge on any atom is -0.372 e. The molecule has 0 aromatic carbocycles. The molecule has 0 saturated heterocycles. The van der Waals surface area contributed by atoms with Gasteiger partial charge in [0.25, 0.3) is 0 Å². The van der Waals surface area contributed by atoms with Crippen molar-refractivity contribution in [2.45, 2.75) is 58.7 Å². The average molecular weight is 269 g/mol. The number of alkyl halides is 3. The Bertz CT molecular complexity index is 211. The molecule has 0 amide bonds. The number of ether oxygens (including phenoxy) is 1. The molecule has 0 heterocycles. The minimum absolute atomic E-state index is 0.115. The van der Waals surface area contributed by atoms with Crippen LogP contribution in [-0.2, 0) is 4.74 Å². The van der Waals surface area contributed by atoms with Crippen LogP contribution in [0.15, 0.2) is 0 Å². The third-order valence-corrected chi connectivity index (χ3v) is 2.48. The molecule has 0 bridgehead atoms. The van der Waals surface area contributed by atoms with Crippen LogP contribution in [0.3, 0.4) is 0 Å². The normalized spacial score (nSPS) is 14.8. The van der Waals surface area contributed by atoms with Gasteiger partial charge in [-0.15, -0.1) is 0 Å². The molecule has 0 aromatic rings. The molecule has 5 heteroatoms. The molecule has 18 heavy (non-hydrogen) atoms. The zero-order chi connectivity index (χ0) is 14.2. The van der Waals surface area contributed by atoms with E-state index in [0.29, 0.717) is 12.3 Å². The summed E-state index contributed by atoms with van der Waals surface area (Å²) in [6, 6.07) is 0. The van der Waals surface area contributed by atoms with Crippen LogP contribution in [-0.4, -0.2) is 31.5 Å².